The fourth-order valence-corrected chi connectivity index (χ4v) is 2.85. The average Bonchev–Trinajstić information content (AvgIpc) is 3.00. The van der Waals surface area contributed by atoms with Crippen LogP contribution in [0.1, 0.15) is 16.8 Å². The number of aliphatic hydroxyl groups excluding tert-OH is 1. The summed E-state index contributed by atoms with van der Waals surface area (Å²) in [6.07, 6.45) is 0.620. The minimum absolute atomic E-state index is 0.0969. The van der Waals surface area contributed by atoms with Crippen molar-refractivity contribution < 1.29 is 33.8 Å². The van der Waals surface area contributed by atoms with Crippen LogP contribution in [-0.2, 0) is 9.53 Å². The van der Waals surface area contributed by atoms with Gasteiger partial charge in [0.25, 0.3) is 11.6 Å². The highest BCUT2D eigenvalue weighted by Crippen LogP contribution is 2.39. The monoisotopic (exact) mass is 431 g/mol. The van der Waals surface area contributed by atoms with E-state index >= 15 is 0 Å². The van der Waals surface area contributed by atoms with Gasteiger partial charge in [0.2, 0.25) is 0 Å². The number of fused-ring (bicyclic) bond motifs is 1. The minimum Gasteiger partial charge on any atom is -0.489 e. The molecular formula is C20H21N3O8. The maximum Gasteiger partial charge on any atom is 0.340 e. The molecule has 1 aliphatic rings. The number of anilines is 2. The van der Waals surface area contributed by atoms with Gasteiger partial charge in [-0.15, -0.1) is 0 Å². The summed E-state index contributed by atoms with van der Waals surface area (Å²) in [7, 11) is 0. The van der Waals surface area contributed by atoms with Gasteiger partial charge in [-0.05, 0) is 12.1 Å². The molecule has 0 spiro atoms. The molecule has 2 aromatic rings. The van der Waals surface area contributed by atoms with Crippen LogP contribution < -0.4 is 20.1 Å². The van der Waals surface area contributed by atoms with Crippen molar-refractivity contribution in [2.75, 3.05) is 43.6 Å². The van der Waals surface area contributed by atoms with Crippen LogP contribution in [-0.4, -0.2) is 54.9 Å². The first-order valence-corrected chi connectivity index (χ1v) is 9.48. The number of hydrogen-bond donors (Lipinski definition) is 3. The highest BCUT2D eigenvalue weighted by atomic mass is 16.6. The molecule has 1 amide bonds. The van der Waals surface area contributed by atoms with Gasteiger partial charge in [0.05, 0.1) is 36.4 Å². The molecule has 0 radical (unpaired) electrons. The Morgan fingerprint density at radius 3 is 2.55 bits per heavy atom. The molecule has 11 heteroatoms. The topological polar surface area (TPSA) is 149 Å². The second-order valence-corrected chi connectivity index (χ2v) is 6.44. The molecule has 0 saturated heterocycles. The second kappa shape index (κ2) is 10.3. The Hall–Kier alpha value is -3.86. The van der Waals surface area contributed by atoms with Crippen molar-refractivity contribution in [2.24, 2.45) is 0 Å². The Morgan fingerprint density at radius 2 is 1.84 bits per heavy atom. The number of para-hydroxylation sites is 1. The number of nitro benzene ring substituents is 1. The van der Waals surface area contributed by atoms with E-state index in [4.69, 9.17) is 19.3 Å². The van der Waals surface area contributed by atoms with Gasteiger partial charge in [-0.3, -0.25) is 14.9 Å². The Bertz CT molecular complexity index is 979. The lowest BCUT2D eigenvalue weighted by Crippen LogP contribution is -2.22. The Labute approximate surface area is 177 Å². The van der Waals surface area contributed by atoms with Crippen molar-refractivity contribution in [3.63, 3.8) is 0 Å². The van der Waals surface area contributed by atoms with Crippen LogP contribution in [0.5, 0.6) is 11.5 Å². The smallest absolute Gasteiger partial charge is 0.340 e. The van der Waals surface area contributed by atoms with Gasteiger partial charge in [-0.2, -0.15) is 0 Å². The Morgan fingerprint density at radius 1 is 1.13 bits per heavy atom. The molecule has 164 valence electrons. The summed E-state index contributed by atoms with van der Waals surface area (Å²) in [5.41, 5.74) is 0.161. The van der Waals surface area contributed by atoms with E-state index in [1.165, 1.54) is 18.2 Å². The first-order chi connectivity index (χ1) is 15.0. The molecule has 0 atom stereocenters. The second-order valence-electron chi connectivity index (χ2n) is 6.44. The summed E-state index contributed by atoms with van der Waals surface area (Å²) in [6, 6.07) is 8.97. The van der Waals surface area contributed by atoms with Crippen molar-refractivity contribution in [3.8, 4) is 11.5 Å². The lowest BCUT2D eigenvalue weighted by molar-refractivity contribution is -0.384. The lowest BCUT2D eigenvalue weighted by Gasteiger charge is -2.12. The number of ether oxygens (including phenoxy) is 3. The van der Waals surface area contributed by atoms with Crippen molar-refractivity contribution >= 4 is 28.9 Å². The van der Waals surface area contributed by atoms with Gasteiger partial charge < -0.3 is 30.0 Å². The molecule has 1 heterocycles. The molecule has 11 nitrogen and oxygen atoms in total. The molecule has 1 aliphatic heterocycles. The number of carbonyl (C=O) groups excluding carboxylic acids is 2. The van der Waals surface area contributed by atoms with Crippen molar-refractivity contribution in [1.82, 2.24) is 0 Å². The molecule has 2 aromatic carbocycles. The van der Waals surface area contributed by atoms with Crippen LogP contribution in [0.3, 0.4) is 0 Å². The van der Waals surface area contributed by atoms with Crippen molar-refractivity contribution in [1.29, 1.82) is 0 Å². The molecule has 0 saturated carbocycles. The maximum atomic E-state index is 12.3. The molecule has 0 bridgehead atoms. The molecule has 0 fully saturated rings. The zero-order chi connectivity index (χ0) is 22.2. The summed E-state index contributed by atoms with van der Waals surface area (Å²) in [5, 5.41) is 25.6. The Balaban J connectivity index is 1.68. The highest BCUT2D eigenvalue weighted by Gasteiger charge is 2.23. The lowest BCUT2D eigenvalue weighted by atomic mass is 10.2. The van der Waals surface area contributed by atoms with Gasteiger partial charge in [0.15, 0.2) is 18.1 Å². The number of rotatable bonds is 8. The van der Waals surface area contributed by atoms with Crippen LogP contribution in [0.4, 0.5) is 17.1 Å². The maximum absolute atomic E-state index is 12.3. The molecule has 0 aliphatic carbocycles. The van der Waals surface area contributed by atoms with Crippen LogP contribution >= 0.6 is 0 Å². The third-order valence-electron chi connectivity index (χ3n) is 4.25. The number of esters is 1. The summed E-state index contributed by atoms with van der Waals surface area (Å²) in [6.45, 7) is 0.192. The van der Waals surface area contributed by atoms with E-state index in [9.17, 15) is 19.7 Å². The van der Waals surface area contributed by atoms with E-state index in [1.807, 2.05) is 0 Å². The third kappa shape index (κ3) is 5.60. The van der Waals surface area contributed by atoms with E-state index in [2.05, 4.69) is 10.6 Å². The predicted octanol–water partition coefficient (Wildman–Crippen LogP) is 1.96. The predicted molar refractivity (Wildman–Crippen MR) is 110 cm³/mol. The standard InChI is InChI=1S/C20H21N3O8/c24-7-6-21-14-5-2-1-4-13(14)20(26)31-12-19(25)22-15-10-17-18(11-16(15)23(27)28)30-9-3-8-29-17/h1-2,4-5,10-11,21,24H,3,6-9,12H2,(H,22,25). The van der Waals surface area contributed by atoms with Gasteiger partial charge in [-0.1, -0.05) is 12.1 Å². The first-order valence-electron chi connectivity index (χ1n) is 9.48. The van der Waals surface area contributed by atoms with E-state index in [0.29, 0.717) is 25.3 Å². The van der Waals surface area contributed by atoms with E-state index in [0.717, 1.165) is 0 Å². The summed E-state index contributed by atoms with van der Waals surface area (Å²) >= 11 is 0. The summed E-state index contributed by atoms with van der Waals surface area (Å²) < 4.78 is 16.0. The van der Waals surface area contributed by atoms with Crippen molar-refractivity contribution in [2.45, 2.75) is 6.42 Å². The Kier molecular flexibility index (Phi) is 7.22. The SMILES string of the molecule is O=C(COC(=O)c1ccccc1NCCO)Nc1cc2c(cc1[N+](=O)[O-])OCCCO2. The quantitative estimate of drug-likeness (QED) is 0.324. The largest absolute Gasteiger partial charge is 0.489 e. The number of carbonyl (C=O) groups is 2. The van der Waals surface area contributed by atoms with Crippen LogP contribution in [0.2, 0.25) is 0 Å². The molecule has 3 rings (SSSR count). The molecule has 3 N–H and O–H groups in total. The minimum atomic E-state index is -0.760. The zero-order valence-electron chi connectivity index (χ0n) is 16.5. The van der Waals surface area contributed by atoms with Gasteiger partial charge in [0, 0.05) is 24.7 Å². The van der Waals surface area contributed by atoms with E-state index in [1.54, 1.807) is 18.2 Å². The van der Waals surface area contributed by atoms with E-state index < -0.39 is 23.4 Å². The fourth-order valence-electron chi connectivity index (χ4n) is 2.85. The fraction of sp³-hybridized carbons (Fsp3) is 0.300. The number of hydrogen-bond acceptors (Lipinski definition) is 9. The van der Waals surface area contributed by atoms with E-state index in [-0.39, 0.29) is 41.6 Å². The summed E-state index contributed by atoms with van der Waals surface area (Å²) in [4.78, 5) is 35.4. The molecule has 0 aromatic heterocycles. The molecule has 0 unspecified atom stereocenters. The van der Waals surface area contributed by atoms with Crippen molar-refractivity contribution in [3.05, 3.63) is 52.1 Å². The highest BCUT2D eigenvalue weighted by molar-refractivity contribution is 5.99. The first kappa shape index (κ1) is 21.8. The number of nitrogens with zero attached hydrogens (tertiary/aromatic N) is 1. The van der Waals surface area contributed by atoms with Crippen LogP contribution in [0, 0.1) is 10.1 Å². The number of nitro groups is 1. The molecule has 31 heavy (non-hydrogen) atoms. The van der Waals surface area contributed by atoms with Gasteiger partial charge in [0.1, 0.15) is 5.69 Å². The summed E-state index contributed by atoms with van der Waals surface area (Å²) in [5.74, 6) is -1.02. The van der Waals surface area contributed by atoms with Gasteiger partial charge in [-0.25, -0.2) is 4.79 Å². The van der Waals surface area contributed by atoms with Crippen LogP contribution in [0.15, 0.2) is 36.4 Å². The number of benzene rings is 2. The number of amides is 1. The normalized spacial score (nSPS) is 12.4. The average molecular weight is 431 g/mol. The third-order valence-corrected chi connectivity index (χ3v) is 4.25. The number of aliphatic hydroxyl groups is 1. The van der Waals surface area contributed by atoms with Crippen LogP contribution in [0.25, 0.3) is 0 Å². The number of nitrogens with one attached hydrogen (secondary N) is 2. The molecular weight excluding hydrogens is 410 g/mol. The zero-order valence-corrected chi connectivity index (χ0v) is 16.5. The van der Waals surface area contributed by atoms with Gasteiger partial charge >= 0.3 is 5.97 Å².